The van der Waals surface area contributed by atoms with E-state index < -0.39 is 5.92 Å². The summed E-state index contributed by atoms with van der Waals surface area (Å²) in [5.74, 6) is 0.502. The number of carbonyl (C=O) groups is 2. The van der Waals surface area contributed by atoms with Crippen LogP contribution in [0.5, 0.6) is 0 Å². The van der Waals surface area contributed by atoms with Gasteiger partial charge in [-0.15, -0.1) is 0 Å². The van der Waals surface area contributed by atoms with Gasteiger partial charge in [-0.1, -0.05) is 22.0 Å². The summed E-state index contributed by atoms with van der Waals surface area (Å²) in [7, 11) is 0. The number of nitrogens with zero attached hydrogens (tertiary/aromatic N) is 4. The first-order valence-electron chi connectivity index (χ1n) is 9.12. The first kappa shape index (κ1) is 18.8. The number of morpholine rings is 1. The van der Waals surface area contributed by atoms with Crippen LogP contribution < -0.4 is 15.1 Å². The van der Waals surface area contributed by atoms with E-state index in [1.165, 1.54) is 6.33 Å². The molecule has 4 rings (SSSR count). The Morgan fingerprint density at radius 3 is 2.82 bits per heavy atom. The normalized spacial score (nSPS) is 19.8. The third-order valence-electron chi connectivity index (χ3n) is 4.85. The van der Waals surface area contributed by atoms with E-state index in [1.54, 1.807) is 11.0 Å². The van der Waals surface area contributed by atoms with E-state index in [9.17, 15) is 9.59 Å². The van der Waals surface area contributed by atoms with E-state index in [0.29, 0.717) is 25.6 Å². The lowest BCUT2D eigenvalue weighted by Gasteiger charge is -2.27. The van der Waals surface area contributed by atoms with Gasteiger partial charge in [-0.3, -0.25) is 9.59 Å². The topological polar surface area (TPSA) is 87.7 Å². The molecule has 1 aromatic heterocycles. The van der Waals surface area contributed by atoms with Crippen molar-refractivity contribution in [2.75, 3.05) is 48.0 Å². The largest absolute Gasteiger partial charge is 0.378 e. The molecule has 2 fully saturated rings. The number of amides is 2. The number of nitrogens with one attached hydrogen (secondary N) is 1. The molecule has 2 amide bonds. The monoisotopic (exact) mass is 445 g/mol. The van der Waals surface area contributed by atoms with Gasteiger partial charge in [-0.05, 0) is 18.2 Å². The number of anilines is 3. The molecule has 2 aromatic rings. The molecule has 0 spiro atoms. The Bertz CT molecular complexity index is 887. The Morgan fingerprint density at radius 2 is 2.04 bits per heavy atom. The van der Waals surface area contributed by atoms with Crippen LogP contribution in [0.1, 0.15) is 6.42 Å². The van der Waals surface area contributed by atoms with E-state index in [0.717, 1.165) is 29.1 Å². The van der Waals surface area contributed by atoms with Gasteiger partial charge in [0.1, 0.15) is 18.0 Å². The highest BCUT2D eigenvalue weighted by molar-refractivity contribution is 9.10. The predicted molar refractivity (Wildman–Crippen MR) is 108 cm³/mol. The van der Waals surface area contributed by atoms with Gasteiger partial charge in [0, 0.05) is 42.3 Å². The molecule has 28 heavy (non-hydrogen) atoms. The summed E-state index contributed by atoms with van der Waals surface area (Å²) in [6.45, 7) is 3.16. The van der Waals surface area contributed by atoms with Gasteiger partial charge in [0.15, 0.2) is 0 Å². The average Bonchev–Trinajstić information content (AvgIpc) is 3.11. The molecule has 0 saturated carbocycles. The van der Waals surface area contributed by atoms with Crippen molar-refractivity contribution in [3.63, 3.8) is 0 Å². The van der Waals surface area contributed by atoms with Gasteiger partial charge in [-0.2, -0.15) is 0 Å². The molecule has 0 bridgehead atoms. The van der Waals surface area contributed by atoms with Crippen LogP contribution in [0.4, 0.5) is 17.3 Å². The Hall–Kier alpha value is -2.52. The Kier molecular flexibility index (Phi) is 5.54. The van der Waals surface area contributed by atoms with Crippen molar-refractivity contribution in [3.05, 3.63) is 41.1 Å². The summed E-state index contributed by atoms with van der Waals surface area (Å²) in [6.07, 6.45) is 1.62. The zero-order valence-corrected chi connectivity index (χ0v) is 16.8. The Labute approximate surface area is 171 Å². The molecule has 1 aromatic carbocycles. The molecule has 2 aliphatic heterocycles. The van der Waals surface area contributed by atoms with Gasteiger partial charge in [0.05, 0.1) is 19.1 Å². The molecule has 0 radical (unpaired) electrons. The molecule has 2 saturated heterocycles. The van der Waals surface area contributed by atoms with E-state index in [4.69, 9.17) is 4.74 Å². The fourth-order valence-electron chi connectivity index (χ4n) is 3.39. The summed E-state index contributed by atoms with van der Waals surface area (Å²) < 4.78 is 6.24. The molecule has 2 aliphatic rings. The third kappa shape index (κ3) is 4.15. The van der Waals surface area contributed by atoms with Crippen LogP contribution in [0.25, 0.3) is 0 Å². The molecule has 0 unspecified atom stereocenters. The standard InChI is InChI=1S/C19H20BrN5O3/c20-14-2-1-3-15(9-14)25-11-13(8-18(25)26)19(27)23-16-10-17(22-12-21-16)24-4-6-28-7-5-24/h1-3,9-10,12-13H,4-8,11H2,(H,21,22,23,27)/t13-/m0/s1. The van der Waals surface area contributed by atoms with Crippen LogP contribution in [-0.2, 0) is 14.3 Å². The Balaban J connectivity index is 1.42. The van der Waals surface area contributed by atoms with Crippen molar-refractivity contribution in [1.29, 1.82) is 0 Å². The molecule has 146 valence electrons. The van der Waals surface area contributed by atoms with Crippen molar-refractivity contribution in [1.82, 2.24) is 9.97 Å². The number of hydrogen-bond acceptors (Lipinski definition) is 6. The second kappa shape index (κ2) is 8.24. The maximum absolute atomic E-state index is 12.7. The molecule has 1 N–H and O–H groups in total. The molecule has 9 heteroatoms. The highest BCUT2D eigenvalue weighted by Gasteiger charge is 2.35. The third-order valence-corrected chi connectivity index (χ3v) is 5.35. The minimum Gasteiger partial charge on any atom is -0.378 e. The van der Waals surface area contributed by atoms with Crippen LogP contribution in [0.2, 0.25) is 0 Å². The number of hydrogen-bond donors (Lipinski definition) is 1. The number of rotatable bonds is 4. The second-order valence-electron chi connectivity index (χ2n) is 6.74. The second-order valence-corrected chi connectivity index (χ2v) is 7.65. The molecular formula is C19H20BrN5O3. The molecule has 8 nitrogen and oxygen atoms in total. The number of halogens is 1. The lowest BCUT2D eigenvalue weighted by molar-refractivity contribution is -0.122. The fourth-order valence-corrected chi connectivity index (χ4v) is 3.77. The molecular weight excluding hydrogens is 426 g/mol. The van der Waals surface area contributed by atoms with E-state index in [-0.39, 0.29) is 18.2 Å². The van der Waals surface area contributed by atoms with Gasteiger partial charge in [-0.25, -0.2) is 9.97 Å². The van der Waals surface area contributed by atoms with E-state index in [2.05, 4.69) is 36.1 Å². The van der Waals surface area contributed by atoms with Gasteiger partial charge in [0.25, 0.3) is 0 Å². The van der Waals surface area contributed by atoms with Gasteiger partial charge >= 0.3 is 0 Å². The van der Waals surface area contributed by atoms with Crippen LogP contribution in [0.3, 0.4) is 0 Å². The van der Waals surface area contributed by atoms with E-state index in [1.807, 2.05) is 24.3 Å². The summed E-state index contributed by atoms with van der Waals surface area (Å²) in [5, 5.41) is 2.83. The van der Waals surface area contributed by atoms with Gasteiger partial charge < -0.3 is 19.9 Å². The Morgan fingerprint density at radius 1 is 1.21 bits per heavy atom. The van der Waals surface area contributed by atoms with E-state index >= 15 is 0 Å². The van der Waals surface area contributed by atoms with Crippen molar-refractivity contribution >= 4 is 45.1 Å². The molecule has 3 heterocycles. The maximum atomic E-state index is 12.7. The van der Waals surface area contributed by atoms with Crippen molar-refractivity contribution < 1.29 is 14.3 Å². The van der Waals surface area contributed by atoms with Crippen LogP contribution in [0.15, 0.2) is 41.1 Å². The average molecular weight is 446 g/mol. The fraction of sp³-hybridized carbons (Fsp3) is 0.368. The first-order valence-corrected chi connectivity index (χ1v) is 9.91. The minimum atomic E-state index is -0.423. The number of aromatic nitrogens is 2. The number of carbonyl (C=O) groups excluding carboxylic acids is 2. The minimum absolute atomic E-state index is 0.0602. The SMILES string of the molecule is O=C(Nc1cc(N2CCOCC2)ncn1)[C@H]1CC(=O)N(c2cccc(Br)c2)C1. The summed E-state index contributed by atoms with van der Waals surface area (Å²) in [4.78, 5) is 37.3. The highest BCUT2D eigenvalue weighted by Crippen LogP contribution is 2.28. The van der Waals surface area contributed by atoms with Crippen molar-refractivity contribution in [2.45, 2.75) is 6.42 Å². The van der Waals surface area contributed by atoms with Crippen LogP contribution in [-0.4, -0.2) is 54.6 Å². The summed E-state index contributed by atoms with van der Waals surface area (Å²) in [5.41, 5.74) is 0.784. The van der Waals surface area contributed by atoms with Crippen LogP contribution >= 0.6 is 15.9 Å². The smallest absolute Gasteiger partial charge is 0.230 e. The molecule has 0 aliphatic carbocycles. The van der Waals surface area contributed by atoms with Crippen LogP contribution in [0, 0.1) is 5.92 Å². The van der Waals surface area contributed by atoms with Gasteiger partial charge in [0.2, 0.25) is 11.8 Å². The highest BCUT2D eigenvalue weighted by atomic mass is 79.9. The zero-order chi connectivity index (χ0) is 19.5. The lowest BCUT2D eigenvalue weighted by Crippen LogP contribution is -2.36. The number of ether oxygens (including phenoxy) is 1. The summed E-state index contributed by atoms with van der Waals surface area (Å²) >= 11 is 3.41. The van der Waals surface area contributed by atoms with Crippen molar-refractivity contribution in [2.24, 2.45) is 5.92 Å². The summed E-state index contributed by atoms with van der Waals surface area (Å²) in [6, 6.07) is 9.26. The quantitative estimate of drug-likeness (QED) is 0.774. The first-order chi connectivity index (χ1) is 13.6. The predicted octanol–water partition coefficient (Wildman–Crippen LogP) is 2.07. The molecule has 1 atom stereocenters. The maximum Gasteiger partial charge on any atom is 0.230 e. The number of benzene rings is 1. The van der Waals surface area contributed by atoms with Crippen molar-refractivity contribution in [3.8, 4) is 0 Å². The lowest BCUT2D eigenvalue weighted by atomic mass is 10.1. The zero-order valence-electron chi connectivity index (χ0n) is 15.2.